The molecule has 0 aromatic heterocycles. The lowest BCUT2D eigenvalue weighted by Gasteiger charge is -2.45. The van der Waals surface area contributed by atoms with E-state index in [0.29, 0.717) is 17.6 Å². The second-order valence-electron chi connectivity index (χ2n) is 7.89. The van der Waals surface area contributed by atoms with Crippen LogP contribution in [0.1, 0.15) is 68.1 Å². The fourth-order valence-electron chi connectivity index (χ4n) is 5.69. The summed E-state index contributed by atoms with van der Waals surface area (Å²) in [6.45, 7) is 4.47. The zero-order valence-electron chi connectivity index (χ0n) is 13.3. The van der Waals surface area contributed by atoms with Crippen LogP contribution in [0.3, 0.4) is 0 Å². The Labute approximate surface area is 128 Å². The van der Waals surface area contributed by atoms with Crippen LogP contribution in [0, 0.1) is 24.2 Å². The molecule has 4 atom stereocenters. The Morgan fingerprint density at radius 3 is 2.86 bits per heavy atom. The first-order valence-electron chi connectivity index (χ1n) is 8.72. The molecule has 0 amide bonds. The molecule has 0 radical (unpaired) electrons. The summed E-state index contributed by atoms with van der Waals surface area (Å²) in [4.78, 5) is 12.4. The Morgan fingerprint density at radius 1 is 1.14 bits per heavy atom. The van der Waals surface area contributed by atoms with Gasteiger partial charge in [0, 0.05) is 11.8 Å². The van der Waals surface area contributed by atoms with Crippen molar-refractivity contribution in [1.82, 2.24) is 0 Å². The van der Waals surface area contributed by atoms with E-state index in [0.717, 1.165) is 25.2 Å². The summed E-state index contributed by atoms with van der Waals surface area (Å²) in [5.74, 6) is 2.67. The van der Waals surface area contributed by atoms with Gasteiger partial charge in [-0.2, -0.15) is 0 Å². The standard InChI is InChI=1S/C20H26O/c1-13-6-7-15-14(12-13)4-3-5-17-16(15)10-11-20(2)18(17)8-9-19(20)21/h6-7,12,16-18H,3-5,8-11H2,1-2H3. The number of rotatable bonds is 0. The van der Waals surface area contributed by atoms with Gasteiger partial charge in [0.15, 0.2) is 0 Å². The third kappa shape index (κ3) is 1.93. The SMILES string of the molecule is Cc1ccc2c(c1)CCCC1C2CCC2(C)C(=O)CCC12. The van der Waals surface area contributed by atoms with Crippen molar-refractivity contribution in [3.05, 3.63) is 34.9 Å². The van der Waals surface area contributed by atoms with Crippen LogP contribution in [-0.4, -0.2) is 5.78 Å². The molecule has 4 unspecified atom stereocenters. The predicted molar refractivity (Wildman–Crippen MR) is 85.4 cm³/mol. The highest BCUT2D eigenvalue weighted by Crippen LogP contribution is 2.58. The summed E-state index contributed by atoms with van der Waals surface area (Å²) < 4.78 is 0. The topological polar surface area (TPSA) is 17.1 Å². The van der Waals surface area contributed by atoms with Crippen LogP contribution in [0.5, 0.6) is 0 Å². The number of benzene rings is 1. The van der Waals surface area contributed by atoms with Gasteiger partial charge in [-0.3, -0.25) is 4.79 Å². The second kappa shape index (κ2) is 4.69. The number of hydrogen-bond acceptors (Lipinski definition) is 1. The lowest BCUT2D eigenvalue weighted by atomic mass is 9.58. The van der Waals surface area contributed by atoms with Crippen LogP contribution < -0.4 is 0 Å². The molecule has 0 bridgehead atoms. The molecule has 2 fully saturated rings. The summed E-state index contributed by atoms with van der Waals surface area (Å²) in [5, 5.41) is 0. The quantitative estimate of drug-likeness (QED) is 0.667. The van der Waals surface area contributed by atoms with E-state index in [4.69, 9.17) is 0 Å². The molecule has 3 aliphatic rings. The average molecular weight is 282 g/mol. The molecule has 0 saturated heterocycles. The maximum Gasteiger partial charge on any atom is 0.139 e. The first kappa shape index (κ1) is 13.5. The highest BCUT2D eigenvalue weighted by molar-refractivity contribution is 5.87. The molecule has 0 aliphatic heterocycles. The van der Waals surface area contributed by atoms with Crippen molar-refractivity contribution in [2.45, 2.75) is 64.7 Å². The zero-order chi connectivity index (χ0) is 14.6. The molecule has 1 aromatic rings. The van der Waals surface area contributed by atoms with Crippen LogP contribution >= 0.6 is 0 Å². The minimum absolute atomic E-state index is 0.0103. The van der Waals surface area contributed by atoms with Crippen molar-refractivity contribution in [2.75, 3.05) is 0 Å². The first-order valence-corrected chi connectivity index (χ1v) is 8.72. The lowest BCUT2D eigenvalue weighted by molar-refractivity contribution is -0.129. The van der Waals surface area contributed by atoms with E-state index in [1.807, 2.05) is 0 Å². The third-order valence-corrected chi connectivity index (χ3v) is 6.83. The number of carbonyl (C=O) groups is 1. The van der Waals surface area contributed by atoms with Gasteiger partial charge in [0.2, 0.25) is 0 Å². The van der Waals surface area contributed by atoms with Crippen LogP contribution in [0.15, 0.2) is 18.2 Å². The number of hydrogen-bond donors (Lipinski definition) is 0. The maximum atomic E-state index is 12.4. The van der Waals surface area contributed by atoms with Gasteiger partial charge < -0.3 is 0 Å². The van der Waals surface area contributed by atoms with E-state index < -0.39 is 0 Å². The number of aryl methyl sites for hydroxylation is 2. The van der Waals surface area contributed by atoms with Crippen LogP contribution in [-0.2, 0) is 11.2 Å². The van der Waals surface area contributed by atoms with Crippen molar-refractivity contribution in [2.24, 2.45) is 17.3 Å². The van der Waals surface area contributed by atoms with Gasteiger partial charge >= 0.3 is 0 Å². The molecule has 0 N–H and O–H groups in total. The molecule has 4 rings (SSSR count). The van der Waals surface area contributed by atoms with Crippen molar-refractivity contribution in [1.29, 1.82) is 0 Å². The highest BCUT2D eigenvalue weighted by Gasteiger charge is 2.53. The van der Waals surface area contributed by atoms with Gasteiger partial charge in [0.25, 0.3) is 0 Å². The van der Waals surface area contributed by atoms with E-state index in [9.17, 15) is 4.79 Å². The van der Waals surface area contributed by atoms with E-state index in [1.54, 1.807) is 11.1 Å². The minimum atomic E-state index is 0.0103. The number of carbonyl (C=O) groups excluding carboxylic acids is 1. The molecular weight excluding hydrogens is 256 g/mol. The Hall–Kier alpha value is -1.11. The highest BCUT2D eigenvalue weighted by atomic mass is 16.1. The molecule has 112 valence electrons. The molecule has 3 aliphatic carbocycles. The third-order valence-electron chi connectivity index (χ3n) is 6.83. The molecular formula is C20H26O. The predicted octanol–water partition coefficient (Wildman–Crippen LogP) is 4.81. The molecule has 21 heavy (non-hydrogen) atoms. The Bertz CT molecular complexity index is 588. The van der Waals surface area contributed by atoms with Crippen molar-refractivity contribution < 1.29 is 4.79 Å². The normalized spacial score (nSPS) is 38.4. The van der Waals surface area contributed by atoms with Gasteiger partial charge in [-0.25, -0.2) is 0 Å². The molecule has 1 heteroatoms. The van der Waals surface area contributed by atoms with Gasteiger partial charge in [0.05, 0.1) is 0 Å². The minimum Gasteiger partial charge on any atom is -0.299 e. The summed E-state index contributed by atoms with van der Waals surface area (Å²) in [5.41, 5.74) is 4.61. The van der Waals surface area contributed by atoms with E-state index >= 15 is 0 Å². The molecule has 1 nitrogen and oxygen atoms in total. The van der Waals surface area contributed by atoms with Gasteiger partial charge in [-0.15, -0.1) is 0 Å². The number of fused-ring (bicyclic) bond motifs is 5. The average Bonchev–Trinajstić information content (AvgIpc) is 2.66. The van der Waals surface area contributed by atoms with Gasteiger partial charge in [-0.1, -0.05) is 30.7 Å². The summed E-state index contributed by atoms with van der Waals surface area (Å²) in [7, 11) is 0. The van der Waals surface area contributed by atoms with Crippen molar-refractivity contribution >= 4 is 5.78 Å². The fourth-order valence-corrected chi connectivity index (χ4v) is 5.69. The monoisotopic (exact) mass is 282 g/mol. The Balaban J connectivity index is 1.75. The zero-order valence-corrected chi connectivity index (χ0v) is 13.3. The smallest absolute Gasteiger partial charge is 0.139 e. The number of ketones is 1. The van der Waals surface area contributed by atoms with Gasteiger partial charge in [0.1, 0.15) is 5.78 Å². The number of Topliss-reactive ketones (excluding diaryl/α,β-unsaturated/α-hetero) is 1. The van der Waals surface area contributed by atoms with E-state index in [1.165, 1.54) is 31.2 Å². The fraction of sp³-hybridized carbons (Fsp3) is 0.650. The molecule has 0 spiro atoms. The Morgan fingerprint density at radius 2 is 2.00 bits per heavy atom. The maximum absolute atomic E-state index is 12.4. The molecule has 2 saturated carbocycles. The molecule has 0 heterocycles. The lowest BCUT2D eigenvalue weighted by Crippen LogP contribution is -2.40. The summed E-state index contributed by atoms with van der Waals surface area (Å²) >= 11 is 0. The van der Waals surface area contributed by atoms with Crippen LogP contribution in [0.4, 0.5) is 0 Å². The second-order valence-corrected chi connectivity index (χ2v) is 7.89. The van der Waals surface area contributed by atoms with Crippen molar-refractivity contribution in [3.8, 4) is 0 Å². The summed E-state index contributed by atoms with van der Waals surface area (Å²) in [6.07, 6.45) is 8.19. The summed E-state index contributed by atoms with van der Waals surface area (Å²) in [6, 6.07) is 7.09. The first-order chi connectivity index (χ1) is 10.1. The molecule has 1 aromatic carbocycles. The van der Waals surface area contributed by atoms with Crippen LogP contribution in [0.2, 0.25) is 0 Å². The van der Waals surface area contributed by atoms with Crippen LogP contribution in [0.25, 0.3) is 0 Å². The van der Waals surface area contributed by atoms with Crippen molar-refractivity contribution in [3.63, 3.8) is 0 Å². The largest absolute Gasteiger partial charge is 0.299 e. The van der Waals surface area contributed by atoms with E-state index in [-0.39, 0.29) is 5.41 Å². The Kier molecular flexibility index (Phi) is 3.03. The van der Waals surface area contributed by atoms with E-state index in [2.05, 4.69) is 32.0 Å². The van der Waals surface area contributed by atoms with Gasteiger partial charge in [-0.05, 0) is 74.3 Å².